The van der Waals surface area contributed by atoms with E-state index in [4.69, 9.17) is 14.4 Å². The van der Waals surface area contributed by atoms with Crippen LogP contribution in [0.1, 0.15) is 30.0 Å². The van der Waals surface area contributed by atoms with Crippen LogP contribution in [0.2, 0.25) is 0 Å². The maximum Gasteiger partial charge on any atom is 0.160 e. The molecule has 4 nitrogen and oxygen atoms in total. The second-order valence-electron chi connectivity index (χ2n) is 17.6. The van der Waals surface area contributed by atoms with E-state index < -0.39 is 0 Å². The molecule has 66 heavy (non-hydrogen) atoms. The third kappa shape index (κ3) is 5.57. The summed E-state index contributed by atoms with van der Waals surface area (Å²) in [6.45, 7) is 2.33. The Bertz CT molecular complexity index is 4290. The lowest BCUT2D eigenvalue weighted by Crippen LogP contribution is -2.19. The fourth-order valence-corrected chi connectivity index (χ4v) is 11.9. The zero-order valence-electron chi connectivity index (χ0n) is 36.0. The molecule has 0 saturated heterocycles. The van der Waals surface area contributed by atoms with Gasteiger partial charge in [-0.2, -0.15) is 0 Å². The molecule has 5 heteroatoms. The van der Waals surface area contributed by atoms with Gasteiger partial charge in [0.2, 0.25) is 0 Å². The molecule has 1 aliphatic heterocycles. The first-order valence-electron chi connectivity index (χ1n) is 22.7. The van der Waals surface area contributed by atoms with Crippen molar-refractivity contribution in [1.82, 2.24) is 4.57 Å². The normalized spacial score (nSPS) is 15.6. The Kier molecular flexibility index (Phi) is 8.16. The lowest BCUT2D eigenvalue weighted by Gasteiger charge is -2.23. The summed E-state index contributed by atoms with van der Waals surface area (Å²) in [7, 11) is 0. The first kappa shape index (κ1) is 37.3. The van der Waals surface area contributed by atoms with Gasteiger partial charge in [-0.3, -0.25) is 0 Å². The van der Waals surface area contributed by atoms with Crippen LogP contribution in [0.4, 0.5) is 0 Å². The minimum atomic E-state index is -0.000992. The fourth-order valence-electron chi connectivity index (χ4n) is 10.8. The quantitative estimate of drug-likeness (QED) is 0.174. The van der Waals surface area contributed by atoms with Crippen LogP contribution in [0.15, 0.2) is 215 Å². The van der Waals surface area contributed by atoms with Gasteiger partial charge in [-0.05, 0) is 75.8 Å². The number of allylic oxidation sites excluding steroid dienone is 1. The maximum atomic E-state index is 6.77. The number of thiophene rings is 1. The number of nitrogens with zero attached hydrogens (tertiary/aromatic N) is 3. The van der Waals surface area contributed by atoms with Gasteiger partial charge < -0.3 is 8.98 Å². The van der Waals surface area contributed by atoms with Crippen LogP contribution < -0.4 is 0 Å². The van der Waals surface area contributed by atoms with Crippen molar-refractivity contribution in [2.75, 3.05) is 0 Å². The van der Waals surface area contributed by atoms with Crippen LogP contribution in [0.3, 0.4) is 0 Å². The minimum Gasteiger partial charge on any atom is -0.456 e. The van der Waals surface area contributed by atoms with Crippen molar-refractivity contribution < 1.29 is 4.42 Å². The van der Waals surface area contributed by atoms with Crippen LogP contribution in [-0.4, -0.2) is 16.1 Å². The van der Waals surface area contributed by atoms with E-state index in [9.17, 15) is 0 Å². The number of rotatable bonds is 4. The number of fused-ring (bicyclic) bond motifs is 13. The molecule has 10 aromatic carbocycles. The molecule has 3 aromatic heterocycles. The van der Waals surface area contributed by atoms with Crippen molar-refractivity contribution in [3.63, 3.8) is 0 Å². The summed E-state index contributed by atoms with van der Waals surface area (Å²) < 4.78 is 11.8. The van der Waals surface area contributed by atoms with Crippen LogP contribution in [0.5, 0.6) is 0 Å². The minimum absolute atomic E-state index is 0.000992. The lowest BCUT2D eigenvalue weighted by molar-refractivity contribution is 0.669. The SMILES string of the molecule is CC1C/C=C(\c2cccc3ccccc23)N=C(c2cccc3sc4ccccc4c23)N=C1c1ccc2oc3ccccc3c2c1-n1c2cc3ccccc3cc2c2ccc3ccccc3c21. The molecule has 0 amide bonds. The molecule has 1 unspecified atom stereocenters. The molecule has 13 aromatic rings. The first-order valence-corrected chi connectivity index (χ1v) is 23.5. The number of aliphatic imine (C=N–C) groups is 2. The molecule has 4 heterocycles. The van der Waals surface area contributed by atoms with Crippen LogP contribution in [-0.2, 0) is 0 Å². The molecule has 310 valence electrons. The van der Waals surface area contributed by atoms with Gasteiger partial charge in [0.25, 0.3) is 0 Å². The van der Waals surface area contributed by atoms with E-state index in [1.54, 1.807) is 0 Å². The number of furan rings is 1. The number of amidine groups is 1. The molecule has 0 radical (unpaired) electrons. The molecular formula is C61H39N3OS. The highest BCUT2D eigenvalue weighted by Crippen LogP contribution is 2.45. The second kappa shape index (κ2) is 14.4. The van der Waals surface area contributed by atoms with E-state index in [2.05, 4.69) is 212 Å². The third-order valence-electron chi connectivity index (χ3n) is 13.8. The lowest BCUT2D eigenvalue weighted by atomic mass is 9.90. The van der Waals surface area contributed by atoms with E-state index >= 15 is 0 Å². The van der Waals surface area contributed by atoms with Gasteiger partial charge in [0.05, 0.1) is 33.5 Å². The van der Waals surface area contributed by atoms with Gasteiger partial charge in [-0.25, -0.2) is 9.98 Å². The molecule has 0 aliphatic carbocycles. The van der Waals surface area contributed by atoms with Crippen LogP contribution in [0.25, 0.3) is 108 Å². The largest absolute Gasteiger partial charge is 0.456 e. The Morgan fingerprint density at radius 1 is 0.485 bits per heavy atom. The maximum absolute atomic E-state index is 6.77. The number of hydrogen-bond donors (Lipinski definition) is 0. The second-order valence-corrected chi connectivity index (χ2v) is 18.7. The highest BCUT2D eigenvalue weighted by Gasteiger charge is 2.28. The van der Waals surface area contributed by atoms with Crippen molar-refractivity contribution in [3.8, 4) is 5.69 Å². The van der Waals surface area contributed by atoms with E-state index in [0.717, 1.165) is 73.2 Å². The summed E-state index contributed by atoms with van der Waals surface area (Å²) in [5, 5.41) is 14.1. The summed E-state index contributed by atoms with van der Waals surface area (Å²) in [6, 6.07) is 70.2. The summed E-state index contributed by atoms with van der Waals surface area (Å²) in [5.74, 6) is 0.700. The highest BCUT2D eigenvalue weighted by molar-refractivity contribution is 7.25. The Hall–Kier alpha value is -8.12. The third-order valence-corrected chi connectivity index (χ3v) is 15.0. The number of hydrogen-bond acceptors (Lipinski definition) is 4. The van der Waals surface area contributed by atoms with E-state index in [1.807, 2.05) is 11.3 Å². The molecule has 0 N–H and O–H groups in total. The zero-order chi connectivity index (χ0) is 43.5. The molecule has 1 atom stereocenters. The van der Waals surface area contributed by atoms with Gasteiger partial charge in [0.15, 0.2) is 5.84 Å². The zero-order valence-corrected chi connectivity index (χ0v) is 36.8. The Labute approximate surface area is 383 Å². The monoisotopic (exact) mass is 861 g/mol. The molecule has 1 aliphatic rings. The number of aromatic nitrogens is 1. The molecule has 0 saturated carbocycles. The van der Waals surface area contributed by atoms with Gasteiger partial charge in [0.1, 0.15) is 11.2 Å². The van der Waals surface area contributed by atoms with Crippen LogP contribution in [0, 0.1) is 5.92 Å². The predicted molar refractivity (Wildman–Crippen MR) is 281 cm³/mol. The van der Waals surface area contributed by atoms with Crippen molar-refractivity contribution in [2.24, 2.45) is 15.9 Å². The van der Waals surface area contributed by atoms with Crippen LogP contribution >= 0.6 is 11.3 Å². The molecule has 14 rings (SSSR count). The Morgan fingerprint density at radius 3 is 2.02 bits per heavy atom. The molecular weight excluding hydrogens is 823 g/mol. The smallest absolute Gasteiger partial charge is 0.160 e. The fraction of sp³-hybridized carbons (Fsp3) is 0.0492. The van der Waals surface area contributed by atoms with Crippen molar-refractivity contribution >= 4 is 125 Å². The van der Waals surface area contributed by atoms with Crippen molar-refractivity contribution in [1.29, 1.82) is 0 Å². The van der Waals surface area contributed by atoms with E-state index in [1.165, 1.54) is 63.3 Å². The first-order chi connectivity index (χ1) is 32.6. The van der Waals surface area contributed by atoms with Gasteiger partial charge in [-0.1, -0.05) is 165 Å². The Balaban J connectivity index is 1.13. The highest BCUT2D eigenvalue weighted by atomic mass is 32.1. The summed E-state index contributed by atoms with van der Waals surface area (Å²) in [5.41, 5.74) is 10.2. The number of benzene rings is 10. The van der Waals surface area contributed by atoms with E-state index in [-0.39, 0.29) is 5.92 Å². The standard InChI is InChI=1S/C61H39N3OS/c1-36-28-32-50(43-23-12-18-37-14-4-6-19-41(37)43)62-61(47-24-13-27-55-56(47)46-22-9-11-26-54(46)66-55)63-58(36)48-31-33-53-57(45-21-8-10-25-52(45)65-53)60(48)64-51-35-40-17-3-2-16-39(40)34-49(51)44-30-29-38-15-5-7-20-42(38)59(44)64/h2-27,29-36H,28H2,1H3/b50-32+,62-61?,63-58?. The Morgan fingerprint density at radius 2 is 1.15 bits per heavy atom. The van der Waals surface area contributed by atoms with Gasteiger partial charge in [0, 0.05) is 64.3 Å². The predicted octanol–water partition coefficient (Wildman–Crippen LogP) is 16.8. The van der Waals surface area contributed by atoms with Gasteiger partial charge >= 0.3 is 0 Å². The van der Waals surface area contributed by atoms with E-state index in [0.29, 0.717) is 5.84 Å². The summed E-state index contributed by atoms with van der Waals surface area (Å²) in [6.07, 6.45) is 3.09. The molecule has 0 fully saturated rings. The van der Waals surface area contributed by atoms with Crippen molar-refractivity contribution in [2.45, 2.75) is 13.3 Å². The average molecular weight is 862 g/mol. The summed E-state index contributed by atoms with van der Waals surface area (Å²) in [4.78, 5) is 11.7. The van der Waals surface area contributed by atoms with Crippen molar-refractivity contribution in [3.05, 3.63) is 217 Å². The molecule has 0 spiro atoms. The molecule has 0 bridgehead atoms. The average Bonchev–Trinajstić information content (AvgIpc) is 4.04. The summed E-state index contributed by atoms with van der Waals surface area (Å²) >= 11 is 1.82. The van der Waals surface area contributed by atoms with Gasteiger partial charge in [-0.15, -0.1) is 11.3 Å². The topological polar surface area (TPSA) is 42.8 Å². The number of para-hydroxylation sites is 1.